The van der Waals surface area contributed by atoms with Crippen molar-refractivity contribution in [2.45, 2.75) is 0 Å². The van der Waals surface area contributed by atoms with E-state index >= 15 is 0 Å². The summed E-state index contributed by atoms with van der Waals surface area (Å²) in [7, 11) is 0. The minimum Gasteiger partial charge on any atom is -0.310 e. The fraction of sp³-hybridized carbons (Fsp3) is 0. The average molecular weight is 596 g/mol. The normalized spacial score (nSPS) is 11.6. The van der Waals surface area contributed by atoms with E-state index in [2.05, 4.69) is 165 Å². The van der Waals surface area contributed by atoms with Gasteiger partial charge in [0.25, 0.3) is 0 Å². The highest BCUT2D eigenvalue weighted by Crippen LogP contribution is 2.43. The van der Waals surface area contributed by atoms with Crippen LogP contribution in [-0.4, -0.2) is 4.57 Å². The van der Waals surface area contributed by atoms with Crippen LogP contribution in [0.5, 0.6) is 0 Å². The molecule has 0 saturated heterocycles. The minimum atomic E-state index is 1.07. The molecule has 0 unspecified atom stereocenters. The number of benzene rings is 6. The van der Waals surface area contributed by atoms with E-state index in [4.69, 9.17) is 0 Å². The number of hydrogen-bond donors (Lipinski definition) is 0. The molecule has 4 heteroatoms. The minimum absolute atomic E-state index is 1.07. The van der Waals surface area contributed by atoms with E-state index in [9.17, 15) is 0 Å². The van der Waals surface area contributed by atoms with Crippen molar-refractivity contribution in [1.82, 2.24) is 4.57 Å². The number of fused-ring (bicyclic) bond motifs is 6. The summed E-state index contributed by atoms with van der Waals surface area (Å²) in [5, 5.41) is 5.09. The predicted molar refractivity (Wildman–Crippen MR) is 176 cm³/mol. The van der Waals surface area contributed by atoms with Gasteiger partial charge in [0, 0.05) is 47.8 Å². The Kier molecular flexibility index (Phi) is 5.51. The molecule has 0 N–H and O–H groups in total. The third-order valence-electron chi connectivity index (χ3n) is 7.62. The molecule has 0 aliphatic rings. The first-order valence-corrected chi connectivity index (χ1v) is 14.9. The number of halogens is 1. The first-order valence-electron chi connectivity index (χ1n) is 13.3. The van der Waals surface area contributed by atoms with Crippen molar-refractivity contribution in [1.29, 1.82) is 0 Å². The predicted octanol–water partition coefficient (Wildman–Crippen LogP) is 11.4. The fourth-order valence-corrected chi connectivity index (χ4v) is 7.45. The van der Waals surface area contributed by atoms with Gasteiger partial charge < -0.3 is 9.47 Å². The molecule has 0 atom stereocenters. The van der Waals surface area contributed by atoms with E-state index in [-0.39, 0.29) is 0 Å². The van der Waals surface area contributed by atoms with E-state index in [1.54, 1.807) is 0 Å². The van der Waals surface area contributed by atoms with Gasteiger partial charge in [-0.05, 0) is 66.7 Å². The Morgan fingerprint density at radius 3 is 1.98 bits per heavy atom. The van der Waals surface area contributed by atoms with Gasteiger partial charge in [-0.15, -0.1) is 11.3 Å². The molecule has 8 aromatic rings. The smallest absolute Gasteiger partial charge is 0.0640 e. The summed E-state index contributed by atoms with van der Waals surface area (Å²) in [5.41, 5.74) is 7.00. The lowest BCUT2D eigenvalue weighted by molar-refractivity contribution is 1.20. The zero-order valence-electron chi connectivity index (χ0n) is 21.5. The second kappa shape index (κ2) is 9.37. The van der Waals surface area contributed by atoms with Gasteiger partial charge in [-0.25, -0.2) is 0 Å². The molecule has 40 heavy (non-hydrogen) atoms. The maximum absolute atomic E-state index is 3.75. The molecule has 6 aromatic carbocycles. The third kappa shape index (κ3) is 3.68. The van der Waals surface area contributed by atoms with Gasteiger partial charge in [0.05, 0.1) is 21.4 Å². The van der Waals surface area contributed by atoms with Crippen LogP contribution in [0.25, 0.3) is 47.7 Å². The molecule has 2 nitrogen and oxygen atoms in total. The van der Waals surface area contributed by atoms with Crippen molar-refractivity contribution in [3.8, 4) is 5.69 Å². The first kappa shape index (κ1) is 23.5. The molecular formula is C36H23BrN2S. The SMILES string of the molecule is Brc1ccc2c3cc(N(c4ccccc4)c4ccccc4)ccc3n(-c3cccc4c3sc3ccccc34)c2c1. The largest absolute Gasteiger partial charge is 0.310 e. The molecule has 0 amide bonds. The Morgan fingerprint density at radius 1 is 0.500 bits per heavy atom. The van der Waals surface area contributed by atoms with Crippen LogP contribution in [-0.2, 0) is 0 Å². The van der Waals surface area contributed by atoms with E-state index in [0.717, 1.165) is 21.5 Å². The van der Waals surface area contributed by atoms with Crippen LogP contribution in [0.15, 0.2) is 144 Å². The Morgan fingerprint density at radius 2 is 1.20 bits per heavy atom. The summed E-state index contributed by atoms with van der Waals surface area (Å²) in [4.78, 5) is 2.33. The third-order valence-corrected chi connectivity index (χ3v) is 9.33. The Bertz CT molecular complexity index is 2140. The lowest BCUT2D eigenvalue weighted by Gasteiger charge is -2.25. The Labute approximate surface area is 244 Å². The number of nitrogens with zero attached hydrogens (tertiary/aromatic N) is 2. The molecule has 0 spiro atoms. The number of thiophene rings is 1. The van der Waals surface area contributed by atoms with Crippen molar-refractivity contribution < 1.29 is 0 Å². The molecule has 0 saturated carbocycles. The van der Waals surface area contributed by atoms with Crippen LogP contribution in [0.1, 0.15) is 0 Å². The summed E-state index contributed by atoms with van der Waals surface area (Å²) >= 11 is 5.62. The van der Waals surface area contributed by atoms with Gasteiger partial charge in [0.15, 0.2) is 0 Å². The lowest BCUT2D eigenvalue weighted by Crippen LogP contribution is -2.09. The topological polar surface area (TPSA) is 8.17 Å². The molecule has 0 aliphatic carbocycles. The molecule has 0 radical (unpaired) electrons. The monoisotopic (exact) mass is 594 g/mol. The van der Waals surface area contributed by atoms with Gasteiger partial charge in [-0.3, -0.25) is 0 Å². The molecular weight excluding hydrogens is 572 g/mol. The van der Waals surface area contributed by atoms with Gasteiger partial charge in [0.2, 0.25) is 0 Å². The standard InChI is InChI=1S/C36H23BrN2S/c37-24-18-20-28-31-23-27(38(25-10-3-1-4-11-25)26-12-5-2-6-13-26)19-21-32(31)39(34(28)22-24)33-16-9-15-30-29-14-7-8-17-35(29)40-36(30)33/h1-23H. The van der Waals surface area contributed by atoms with Gasteiger partial charge in [-0.1, -0.05) is 88.7 Å². The van der Waals surface area contributed by atoms with Crippen LogP contribution in [0.2, 0.25) is 0 Å². The van der Waals surface area contributed by atoms with Gasteiger partial charge in [-0.2, -0.15) is 0 Å². The van der Waals surface area contributed by atoms with Crippen LogP contribution in [0.4, 0.5) is 17.1 Å². The summed E-state index contributed by atoms with van der Waals surface area (Å²) in [5.74, 6) is 0. The highest BCUT2D eigenvalue weighted by molar-refractivity contribution is 9.10. The summed E-state index contributed by atoms with van der Waals surface area (Å²) < 4.78 is 6.13. The zero-order valence-corrected chi connectivity index (χ0v) is 23.9. The van der Waals surface area contributed by atoms with E-state index in [0.29, 0.717) is 0 Å². The maximum Gasteiger partial charge on any atom is 0.0640 e. The van der Waals surface area contributed by atoms with Crippen molar-refractivity contribution in [2.75, 3.05) is 4.90 Å². The van der Waals surface area contributed by atoms with E-state index in [1.165, 1.54) is 47.7 Å². The van der Waals surface area contributed by atoms with Crippen molar-refractivity contribution in [3.05, 3.63) is 144 Å². The van der Waals surface area contributed by atoms with Crippen LogP contribution in [0.3, 0.4) is 0 Å². The molecule has 0 aliphatic heterocycles. The number of aromatic nitrogens is 1. The number of para-hydroxylation sites is 2. The Balaban J connectivity index is 1.42. The Hall–Kier alpha value is -4.38. The molecule has 0 fully saturated rings. The average Bonchev–Trinajstić information content (AvgIpc) is 3.54. The van der Waals surface area contributed by atoms with E-state index in [1.807, 2.05) is 11.3 Å². The molecule has 8 rings (SSSR count). The maximum atomic E-state index is 3.75. The van der Waals surface area contributed by atoms with Crippen LogP contribution in [0, 0.1) is 0 Å². The van der Waals surface area contributed by atoms with Gasteiger partial charge in [0.1, 0.15) is 0 Å². The number of hydrogen-bond acceptors (Lipinski definition) is 2. The molecule has 2 aromatic heterocycles. The van der Waals surface area contributed by atoms with Crippen molar-refractivity contribution in [2.24, 2.45) is 0 Å². The highest BCUT2D eigenvalue weighted by Gasteiger charge is 2.19. The van der Waals surface area contributed by atoms with Gasteiger partial charge >= 0.3 is 0 Å². The van der Waals surface area contributed by atoms with Crippen LogP contribution < -0.4 is 4.90 Å². The number of rotatable bonds is 4. The molecule has 190 valence electrons. The molecule has 0 bridgehead atoms. The zero-order chi connectivity index (χ0) is 26.6. The molecule has 2 heterocycles. The second-order valence-electron chi connectivity index (χ2n) is 9.96. The first-order chi connectivity index (χ1) is 19.8. The van der Waals surface area contributed by atoms with Crippen LogP contribution >= 0.6 is 27.3 Å². The van der Waals surface area contributed by atoms with Crippen molar-refractivity contribution in [3.63, 3.8) is 0 Å². The highest BCUT2D eigenvalue weighted by atomic mass is 79.9. The lowest BCUT2D eigenvalue weighted by atomic mass is 10.1. The summed E-state index contributed by atoms with van der Waals surface area (Å²) in [6, 6.07) is 50.1. The second-order valence-corrected chi connectivity index (χ2v) is 11.9. The summed E-state index contributed by atoms with van der Waals surface area (Å²) in [6.07, 6.45) is 0. The fourth-order valence-electron chi connectivity index (χ4n) is 5.89. The van der Waals surface area contributed by atoms with Crippen molar-refractivity contribution >= 4 is 86.3 Å². The summed E-state index contributed by atoms with van der Waals surface area (Å²) in [6.45, 7) is 0. The quantitative estimate of drug-likeness (QED) is 0.197. The van der Waals surface area contributed by atoms with E-state index < -0.39 is 0 Å². The number of anilines is 3.